The van der Waals surface area contributed by atoms with E-state index < -0.39 is 6.04 Å². The molecule has 1 aromatic carbocycles. The predicted octanol–water partition coefficient (Wildman–Crippen LogP) is 0.893. The van der Waals surface area contributed by atoms with Crippen molar-refractivity contribution in [2.75, 3.05) is 5.32 Å². The minimum Gasteiger partial charge on any atom is -0.504 e. The molecule has 1 heterocycles. The third-order valence-corrected chi connectivity index (χ3v) is 2.16. The van der Waals surface area contributed by atoms with Gasteiger partial charge in [0.25, 0.3) is 0 Å². The van der Waals surface area contributed by atoms with Gasteiger partial charge in [-0.05, 0) is 17.7 Å². The van der Waals surface area contributed by atoms with E-state index in [0.29, 0.717) is 11.5 Å². The van der Waals surface area contributed by atoms with Gasteiger partial charge in [0, 0.05) is 0 Å². The first kappa shape index (κ1) is 10.8. The molecule has 7 heteroatoms. The molecule has 17 heavy (non-hydrogen) atoms. The zero-order valence-corrected chi connectivity index (χ0v) is 8.62. The maximum Gasteiger partial charge on any atom is 0.219 e. The molecule has 2 aromatic rings. The molecule has 2 rings (SSSR count). The van der Waals surface area contributed by atoms with Gasteiger partial charge in [-0.3, -0.25) is 0 Å². The van der Waals surface area contributed by atoms with Gasteiger partial charge < -0.3 is 15.5 Å². The molecule has 1 atom stereocenters. The fraction of sp³-hybridized carbons (Fsp3) is 0.100. The predicted molar refractivity (Wildman–Crippen MR) is 58.1 cm³/mol. The van der Waals surface area contributed by atoms with Gasteiger partial charge >= 0.3 is 0 Å². The van der Waals surface area contributed by atoms with Gasteiger partial charge in [-0.15, -0.1) is 0 Å². The van der Waals surface area contributed by atoms with Crippen LogP contribution in [-0.4, -0.2) is 25.4 Å². The van der Waals surface area contributed by atoms with Crippen molar-refractivity contribution >= 4 is 5.95 Å². The van der Waals surface area contributed by atoms with Crippen LogP contribution in [0.4, 0.5) is 5.95 Å². The number of H-pyrrole nitrogens is 1. The zero-order valence-electron chi connectivity index (χ0n) is 8.62. The minimum atomic E-state index is -0.700. The molecule has 0 aliphatic heterocycles. The van der Waals surface area contributed by atoms with E-state index in [2.05, 4.69) is 20.5 Å². The molecule has 7 nitrogen and oxygen atoms in total. The summed E-state index contributed by atoms with van der Waals surface area (Å²) in [6.45, 7) is 0. The summed E-state index contributed by atoms with van der Waals surface area (Å²) in [5, 5.41) is 36.5. The van der Waals surface area contributed by atoms with Crippen molar-refractivity contribution in [2.45, 2.75) is 6.04 Å². The van der Waals surface area contributed by atoms with Crippen molar-refractivity contribution in [2.24, 2.45) is 0 Å². The van der Waals surface area contributed by atoms with Crippen LogP contribution in [0, 0.1) is 11.3 Å². The Balaban J connectivity index is 2.24. The van der Waals surface area contributed by atoms with Crippen LogP contribution in [0.15, 0.2) is 24.5 Å². The fourth-order valence-electron chi connectivity index (χ4n) is 1.32. The number of aromatic amines is 1. The van der Waals surface area contributed by atoms with Crippen LogP contribution in [-0.2, 0) is 0 Å². The Morgan fingerprint density at radius 2 is 2.18 bits per heavy atom. The number of phenolic OH excluding ortho intramolecular Hbond substituents is 2. The number of phenols is 2. The third-order valence-electron chi connectivity index (χ3n) is 2.16. The number of aromatic hydroxyl groups is 2. The fourth-order valence-corrected chi connectivity index (χ4v) is 1.32. The van der Waals surface area contributed by atoms with Crippen molar-refractivity contribution < 1.29 is 10.2 Å². The van der Waals surface area contributed by atoms with E-state index in [0.717, 1.165) is 0 Å². The van der Waals surface area contributed by atoms with Crippen LogP contribution in [0.2, 0.25) is 0 Å². The third kappa shape index (κ3) is 2.26. The first-order valence-corrected chi connectivity index (χ1v) is 4.74. The van der Waals surface area contributed by atoms with Crippen LogP contribution in [0.3, 0.4) is 0 Å². The number of benzene rings is 1. The van der Waals surface area contributed by atoms with E-state index in [-0.39, 0.29) is 11.5 Å². The van der Waals surface area contributed by atoms with Crippen molar-refractivity contribution in [3.63, 3.8) is 0 Å². The number of aromatic nitrogens is 3. The van der Waals surface area contributed by atoms with E-state index >= 15 is 0 Å². The maximum absolute atomic E-state index is 9.35. The molecule has 0 saturated carbocycles. The van der Waals surface area contributed by atoms with Crippen LogP contribution < -0.4 is 5.32 Å². The quantitative estimate of drug-likeness (QED) is 0.583. The van der Waals surface area contributed by atoms with Crippen molar-refractivity contribution in [1.29, 1.82) is 5.26 Å². The first-order chi connectivity index (χ1) is 8.20. The Labute approximate surface area is 96.4 Å². The van der Waals surface area contributed by atoms with Gasteiger partial charge in [0.2, 0.25) is 5.95 Å². The smallest absolute Gasteiger partial charge is 0.219 e. The van der Waals surface area contributed by atoms with Gasteiger partial charge in [-0.25, -0.2) is 10.1 Å². The Hall–Kier alpha value is -2.75. The number of nitrogens with zero attached hydrogens (tertiary/aromatic N) is 3. The van der Waals surface area contributed by atoms with Gasteiger partial charge in [-0.2, -0.15) is 10.4 Å². The topological polar surface area (TPSA) is 118 Å². The van der Waals surface area contributed by atoms with Crippen LogP contribution in [0.25, 0.3) is 0 Å². The Bertz CT molecular complexity index is 546. The molecule has 0 spiro atoms. The summed E-state index contributed by atoms with van der Waals surface area (Å²) in [6.07, 6.45) is 1.31. The van der Waals surface area contributed by atoms with Crippen molar-refractivity contribution in [3.8, 4) is 17.6 Å². The standard InChI is InChI=1S/C10H9N5O2/c11-4-7(14-10-12-5-13-15-10)6-1-2-8(16)9(17)3-6/h1-3,5,7,16-17H,(H2,12,13,14,15)/t7-/m1/s1. The highest BCUT2D eigenvalue weighted by Crippen LogP contribution is 2.28. The molecule has 86 valence electrons. The highest BCUT2D eigenvalue weighted by atomic mass is 16.3. The lowest BCUT2D eigenvalue weighted by atomic mass is 10.1. The van der Waals surface area contributed by atoms with E-state index in [4.69, 9.17) is 5.26 Å². The van der Waals surface area contributed by atoms with Crippen molar-refractivity contribution in [3.05, 3.63) is 30.1 Å². The Kier molecular flexibility index (Phi) is 2.79. The molecule has 0 fully saturated rings. The van der Waals surface area contributed by atoms with E-state index in [1.165, 1.54) is 24.5 Å². The average Bonchev–Trinajstić information content (AvgIpc) is 2.82. The van der Waals surface area contributed by atoms with Gasteiger partial charge in [0.15, 0.2) is 11.5 Å². The molecule has 0 aliphatic carbocycles. The highest BCUT2D eigenvalue weighted by Gasteiger charge is 2.13. The number of rotatable bonds is 3. The summed E-state index contributed by atoms with van der Waals surface area (Å²) < 4.78 is 0. The Morgan fingerprint density at radius 3 is 2.76 bits per heavy atom. The lowest BCUT2D eigenvalue weighted by Crippen LogP contribution is -2.09. The molecular weight excluding hydrogens is 222 g/mol. The molecule has 0 aliphatic rings. The first-order valence-electron chi connectivity index (χ1n) is 4.74. The Morgan fingerprint density at radius 1 is 1.35 bits per heavy atom. The molecule has 1 aromatic heterocycles. The van der Waals surface area contributed by atoms with Crippen LogP contribution >= 0.6 is 0 Å². The molecule has 0 amide bonds. The summed E-state index contributed by atoms with van der Waals surface area (Å²) in [5.41, 5.74) is 0.513. The number of nitrogens with one attached hydrogen (secondary N) is 2. The second kappa shape index (κ2) is 4.40. The summed E-state index contributed by atoms with van der Waals surface area (Å²) in [4.78, 5) is 3.83. The molecular formula is C10H9N5O2. The largest absolute Gasteiger partial charge is 0.504 e. The monoisotopic (exact) mass is 231 g/mol. The van der Waals surface area contributed by atoms with Gasteiger partial charge in [0.05, 0.1) is 6.07 Å². The molecule has 0 saturated heterocycles. The van der Waals surface area contributed by atoms with E-state index in [1.807, 2.05) is 6.07 Å². The summed E-state index contributed by atoms with van der Waals surface area (Å²) in [7, 11) is 0. The van der Waals surface area contributed by atoms with Crippen molar-refractivity contribution in [1.82, 2.24) is 15.2 Å². The normalized spacial score (nSPS) is 11.7. The number of hydrogen-bond acceptors (Lipinski definition) is 6. The zero-order chi connectivity index (χ0) is 12.3. The summed E-state index contributed by atoms with van der Waals surface area (Å²) >= 11 is 0. The maximum atomic E-state index is 9.35. The SMILES string of the molecule is N#C[C@@H](Nc1ncn[nH]1)c1ccc(O)c(O)c1. The van der Waals surface area contributed by atoms with Gasteiger partial charge in [-0.1, -0.05) is 6.07 Å². The number of hydrogen-bond donors (Lipinski definition) is 4. The molecule has 0 bridgehead atoms. The molecule has 4 N–H and O–H groups in total. The van der Waals surface area contributed by atoms with E-state index in [9.17, 15) is 10.2 Å². The van der Waals surface area contributed by atoms with Crippen LogP contribution in [0.1, 0.15) is 11.6 Å². The minimum absolute atomic E-state index is 0.231. The highest BCUT2D eigenvalue weighted by molar-refractivity contribution is 5.45. The van der Waals surface area contributed by atoms with E-state index in [1.54, 1.807) is 0 Å². The lowest BCUT2D eigenvalue weighted by molar-refractivity contribution is 0.403. The summed E-state index contributed by atoms with van der Waals surface area (Å²) in [6, 6.07) is 5.47. The second-order valence-corrected chi connectivity index (χ2v) is 3.29. The van der Waals surface area contributed by atoms with Gasteiger partial charge in [0.1, 0.15) is 12.4 Å². The molecule has 0 radical (unpaired) electrons. The summed E-state index contributed by atoms with van der Waals surface area (Å²) in [5.74, 6) is -0.156. The number of nitriles is 1. The second-order valence-electron chi connectivity index (χ2n) is 3.29. The average molecular weight is 231 g/mol. The molecule has 0 unspecified atom stereocenters. The number of anilines is 1. The lowest BCUT2D eigenvalue weighted by Gasteiger charge is -2.11. The van der Waals surface area contributed by atoms with Crippen LogP contribution in [0.5, 0.6) is 11.5 Å².